The van der Waals surface area contributed by atoms with Gasteiger partial charge < -0.3 is 0 Å². The average Bonchev–Trinajstić information content (AvgIpc) is 2.77. The Morgan fingerprint density at radius 3 is 2.45 bits per heavy atom. The third-order valence-electron chi connectivity index (χ3n) is 2.89. The number of hydrazine groups is 1. The minimum absolute atomic E-state index is 0.0152. The van der Waals surface area contributed by atoms with Gasteiger partial charge in [0, 0.05) is 11.3 Å². The summed E-state index contributed by atoms with van der Waals surface area (Å²) in [5.41, 5.74) is 6.62. The number of carbonyl (C=O) groups is 2. The standard InChI is InChI=1S/C14H14Cl2N4O2/c1-8-5-9(2)20(19-8)7-13(21)17-18-14(22)10-3-4-11(15)12(16)6-10/h3-6H,7H2,1-2H3,(H,17,21)(H,18,22). The van der Waals surface area contributed by atoms with Crippen molar-refractivity contribution in [3.63, 3.8) is 0 Å². The fraction of sp³-hybridized carbons (Fsp3) is 0.214. The predicted octanol–water partition coefficient (Wildman–Crippen LogP) is 2.27. The van der Waals surface area contributed by atoms with Crippen LogP contribution in [0.4, 0.5) is 0 Å². The Bertz CT molecular complexity index is 728. The van der Waals surface area contributed by atoms with Gasteiger partial charge in [0.1, 0.15) is 6.54 Å². The van der Waals surface area contributed by atoms with Crippen molar-refractivity contribution in [3.05, 3.63) is 51.3 Å². The minimum atomic E-state index is -0.486. The van der Waals surface area contributed by atoms with Gasteiger partial charge in [0.2, 0.25) is 0 Å². The van der Waals surface area contributed by atoms with Crippen LogP contribution in [0.5, 0.6) is 0 Å². The summed E-state index contributed by atoms with van der Waals surface area (Å²) in [6, 6.07) is 6.31. The highest BCUT2D eigenvalue weighted by Gasteiger charge is 2.11. The number of halogens is 2. The molecule has 8 heteroatoms. The first-order valence-corrected chi connectivity index (χ1v) is 7.17. The lowest BCUT2D eigenvalue weighted by molar-refractivity contribution is -0.122. The normalized spacial score (nSPS) is 10.4. The summed E-state index contributed by atoms with van der Waals surface area (Å²) >= 11 is 11.6. The second-order valence-corrected chi connectivity index (χ2v) is 5.53. The van der Waals surface area contributed by atoms with E-state index in [0.717, 1.165) is 11.4 Å². The monoisotopic (exact) mass is 340 g/mol. The fourth-order valence-corrected chi connectivity index (χ4v) is 2.14. The Balaban J connectivity index is 1.91. The molecule has 2 amide bonds. The molecular weight excluding hydrogens is 327 g/mol. The third kappa shape index (κ3) is 3.99. The van der Waals surface area contributed by atoms with E-state index in [1.807, 2.05) is 19.9 Å². The number of rotatable bonds is 3. The van der Waals surface area contributed by atoms with Crippen molar-refractivity contribution in [2.75, 3.05) is 0 Å². The van der Waals surface area contributed by atoms with Crippen molar-refractivity contribution in [1.82, 2.24) is 20.6 Å². The Labute approximate surface area is 137 Å². The average molecular weight is 341 g/mol. The van der Waals surface area contributed by atoms with Crippen LogP contribution < -0.4 is 10.9 Å². The number of nitrogens with zero attached hydrogens (tertiary/aromatic N) is 2. The summed E-state index contributed by atoms with van der Waals surface area (Å²) in [5.74, 6) is -0.875. The van der Waals surface area contributed by atoms with Gasteiger partial charge in [0.15, 0.2) is 0 Å². The summed E-state index contributed by atoms with van der Waals surface area (Å²) in [6.45, 7) is 3.70. The van der Waals surface area contributed by atoms with E-state index in [1.165, 1.54) is 18.2 Å². The second kappa shape index (κ2) is 6.81. The molecule has 0 spiro atoms. The highest BCUT2D eigenvalue weighted by molar-refractivity contribution is 6.42. The predicted molar refractivity (Wildman–Crippen MR) is 83.8 cm³/mol. The van der Waals surface area contributed by atoms with Gasteiger partial charge in [-0.3, -0.25) is 25.1 Å². The van der Waals surface area contributed by atoms with Crippen molar-refractivity contribution in [3.8, 4) is 0 Å². The largest absolute Gasteiger partial charge is 0.271 e. The maximum atomic E-state index is 11.9. The van der Waals surface area contributed by atoms with E-state index in [2.05, 4.69) is 16.0 Å². The van der Waals surface area contributed by atoms with Gasteiger partial charge in [-0.1, -0.05) is 23.2 Å². The number of hydrogen-bond donors (Lipinski definition) is 2. The molecule has 0 saturated heterocycles. The Morgan fingerprint density at radius 1 is 1.14 bits per heavy atom. The van der Waals surface area contributed by atoms with Gasteiger partial charge in [-0.25, -0.2) is 0 Å². The number of carbonyl (C=O) groups excluding carboxylic acids is 2. The number of aryl methyl sites for hydroxylation is 2. The molecule has 0 atom stereocenters. The van der Waals surface area contributed by atoms with Gasteiger partial charge in [0.25, 0.3) is 11.8 Å². The van der Waals surface area contributed by atoms with Crippen molar-refractivity contribution < 1.29 is 9.59 Å². The third-order valence-corrected chi connectivity index (χ3v) is 3.63. The summed E-state index contributed by atoms with van der Waals surface area (Å²) in [4.78, 5) is 23.7. The van der Waals surface area contributed by atoms with Crippen molar-refractivity contribution in [2.24, 2.45) is 0 Å². The SMILES string of the molecule is Cc1cc(C)n(CC(=O)NNC(=O)c2ccc(Cl)c(Cl)c2)n1. The van der Waals surface area contributed by atoms with Crippen molar-refractivity contribution >= 4 is 35.0 Å². The number of nitrogens with one attached hydrogen (secondary N) is 2. The number of hydrogen-bond acceptors (Lipinski definition) is 3. The molecule has 6 nitrogen and oxygen atoms in total. The van der Waals surface area contributed by atoms with Crippen LogP contribution in [-0.2, 0) is 11.3 Å². The lowest BCUT2D eigenvalue weighted by Gasteiger charge is -2.09. The molecule has 0 unspecified atom stereocenters. The Kier molecular flexibility index (Phi) is 5.05. The van der Waals surface area contributed by atoms with E-state index < -0.39 is 5.91 Å². The molecule has 2 rings (SSSR count). The molecule has 1 aromatic carbocycles. The van der Waals surface area contributed by atoms with Crippen LogP contribution in [-0.4, -0.2) is 21.6 Å². The van der Waals surface area contributed by atoms with E-state index in [0.29, 0.717) is 10.6 Å². The molecule has 2 aromatic rings. The van der Waals surface area contributed by atoms with Crippen LogP contribution in [0.15, 0.2) is 24.3 Å². The molecule has 1 aromatic heterocycles. The summed E-state index contributed by atoms with van der Waals surface area (Å²) < 4.78 is 1.55. The molecule has 0 bridgehead atoms. The van der Waals surface area contributed by atoms with E-state index >= 15 is 0 Å². The lowest BCUT2D eigenvalue weighted by Crippen LogP contribution is -2.43. The Hall–Kier alpha value is -2.05. The van der Waals surface area contributed by atoms with Crippen LogP contribution in [0.3, 0.4) is 0 Å². The summed E-state index contributed by atoms with van der Waals surface area (Å²) in [7, 11) is 0. The summed E-state index contributed by atoms with van der Waals surface area (Å²) in [5, 5.41) is 4.79. The van der Waals surface area contributed by atoms with Gasteiger partial charge in [-0.2, -0.15) is 5.10 Å². The maximum absolute atomic E-state index is 11.9. The number of amides is 2. The maximum Gasteiger partial charge on any atom is 0.269 e. The van der Waals surface area contributed by atoms with Gasteiger partial charge in [-0.05, 0) is 38.1 Å². The van der Waals surface area contributed by atoms with E-state index in [1.54, 1.807) is 4.68 Å². The van der Waals surface area contributed by atoms with Crippen LogP contribution in [0.2, 0.25) is 10.0 Å². The molecule has 1 heterocycles. The molecule has 0 saturated carbocycles. The zero-order valence-electron chi connectivity index (χ0n) is 12.0. The van der Waals surface area contributed by atoms with Crippen LogP contribution in [0.1, 0.15) is 21.7 Å². The smallest absolute Gasteiger partial charge is 0.269 e. The minimum Gasteiger partial charge on any atom is -0.271 e. The lowest BCUT2D eigenvalue weighted by atomic mass is 10.2. The van der Waals surface area contributed by atoms with Crippen LogP contribution in [0.25, 0.3) is 0 Å². The van der Waals surface area contributed by atoms with Crippen LogP contribution >= 0.6 is 23.2 Å². The molecule has 0 aliphatic carbocycles. The molecule has 0 aliphatic heterocycles. The first kappa shape index (κ1) is 16.3. The van der Waals surface area contributed by atoms with Gasteiger partial charge in [0.05, 0.1) is 15.7 Å². The molecule has 116 valence electrons. The molecule has 0 radical (unpaired) electrons. The molecule has 0 fully saturated rings. The summed E-state index contributed by atoms with van der Waals surface area (Å²) in [6.07, 6.45) is 0. The Morgan fingerprint density at radius 2 is 1.86 bits per heavy atom. The van der Waals surface area contributed by atoms with Crippen LogP contribution in [0, 0.1) is 13.8 Å². The van der Waals surface area contributed by atoms with E-state index in [9.17, 15) is 9.59 Å². The highest BCUT2D eigenvalue weighted by atomic mass is 35.5. The zero-order valence-corrected chi connectivity index (χ0v) is 13.5. The molecular formula is C14H14Cl2N4O2. The molecule has 0 aliphatic rings. The number of benzene rings is 1. The van der Waals surface area contributed by atoms with Crippen molar-refractivity contribution in [1.29, 1.82) is 0 Å². The molecule has 2 N–H and O–H groups in total. The van der Waals surface area contributed by atoms with E-state index in [-0.39, 0.29) is 17.5 Å². The fourth-order valence-electron chi connectivity index (χ4n) is 1.85. The first-order chi connectivity index (χ1) is 10.4. The molecule has 22 heavy (non-hydrogen) atoms. The van der Waals surface area contributed by atoms with Gasteiger partial charge in [-0.15, -0.1) is 0 Å². The quantitative estimate of drug-likeness (QED) is 0.841. The topological polar surface area (TPSA) is 76.0 Å². The van der Waals surface area contributed by atoms with Crippen molar-refractivity contribution in [2.45, 2.75) is 20.4 Å². The van der Waals surface area contributed by atoms with E-state index in [4.69, 9.17) is 23.2 Å². The first-order valence-electron chi connectivity index (χ1n) is 6.42. The zero-order chi connectivity index (χ0) is 16.3. The number of aromatic nitrogens is 2. The highest BCUT2D eigenvalue weighted by Crippen LogP contribution is 2.22. The van der Waals surface area contributed by atoms with Gasteiger partial charge >= 0.3 is 0 Å². The second-order valence-electron chi connectivity index (χ2n) is 4.72.